The van der Waals surface area contributed by atoms with Crippen LogP contribution in [0.25, 0.3) is 0 Å². The first-order valence-corrected chi connectivity index (χ1v) is 6.95. The van der Waals surface area contributed by atoms with Gasteiger partial charge in [-0.3, -0.25) is 9.59 Å². The average Bonchev–Trinajstić information content (AvgIpc) is 2.80. The van der Waals surface area contributed by atoms with Gasteiger partial charge in [0.05, 0.1) is 5.69 Å². The molecule has 0 radical (unpaired) electrons. The summed E-state index contributed by atoms with van der Waals surface area (Å²) in [6.07, 6.45) is 1.02. The summed E-state index contributed by atoms with van der Waals surface area (Å²) in [6, 6.07) is 6.85. The number of nitrogens with zero attached hydrogens (tertiary/aromatic N) is 1. The number of anilines is 2. The molecule has 1 aliphatic heterocycles. The number of imide groups is 1. The molecule has 0 atom stereocenters. The van der Waals surface area contributed by atoms with Crippen molar-refractivity contribution in [3.63, 3.8) is 0 Å². The van der Waals surface area contributed by atoms with Crippen molar-refractivity contribution in [2.24, 2.45) is 0 Å². The zero-order valence-corrected chi connectivity index (χ0v) is 12.4. The van der Waals surface area contributed by atoms with E-state index in [0.29, 0.717) is 0 Å². The van der Waals surface area contributed by atoms with Crippen LogP contribution < -0.4 is 10.2 Å². The van der Waals surface area contributed by atoms with Crippen LogP contribution in [-0.2, 0) is 9.59 Å². The van der Waals surface area contributed by atoms with Crippen molar-refractivity contribution in [2.75, 3.05) is 10.2 Å². The highest BCUT2D eigenvalue weighted by molar-refractivity contribution is 6.31. The van der Waals surface area contributed by atoms with E-state index < -0.39 is 29.3 Å². The molecule has 2 amide bonds. The zero-order valence-electron chi connectivity index (χ0n) is 12.4. The molecule has 122 valence electrons. The molecule has 7 heteroatoms. The topological polar surface area (TPSA) is 49.4 Å². The molecule has 0 spiro atoms. The fraction of sp³-hybridized carbons (Fsp3) is 0.0588. The van der Waals surface area contributed by atoms with Crippen molar-refractivity contribution in [1.82, 2.24) is 0 Å². The predicted molar refractivity (Wildman–Crippen MR) is 81.7 cm³/mol. The van der Waals surface area contributed by atoms with E-state index >= 15 is 0 Å². The number of hydrogen-bond acceptors (Lipinski definition) is 3. The summed E-state index contributed by atoms with van der Waals surface area (Å²) in [5, 5.41) is 2.54. The number of nitrogens with one attached hydrogen (secondary N) is 1. The molecular weight excluding hydrogens is 321 g/mol. The van der Waals surface area contributed by atoms with E-state index in [9.17, 15) is 22.8 Å². The number of benzene rings is 2. The fourth-order valence-electron chi connectivity index (χ4n) is 2.27. The van der Waals surface area contributed by atoms with Crippen LogP contribution >= 0.6 is 0 Å². The monoisotopic (exact) mass is 332 g/mol. The first-order valence-electron chi connectivity index (χ1n) is 6.95. The Hall–Kier alpha value is -3.09. The van der Waals surface area contributed by atoms with Gasteiger partial charge in [-0.15, -0.1) is 0 Å². The molecule has 2 aromatic rings. The Bertz CT molecular complexity index is 853. The van der Waals surface area contributed by atoms with E-state index in [-0.39, 0.29) is 22.6 Å². The molecule has 0 aliphatic carbocycles. The number of rotatable bonds is 3. The molecule has 4 nitrogen and oxygen atoms in total. The summed E-state index contributed by atoms with van der Waals surface area (Å²) in [5.41, 5.74) is -0.0760. The van der Waals surface area contributed by atoms with Crippen molar-refractivity contribution in [3.05, 3.63) is 71.2 Å². The highest BCUT2D eigenvalue weighted by Crippen LogP contribution is 2.25. The van der Waals surface area contributed by atoms with E-state index in [0.717, 1.165) is 35.2 Å². The molecular formula is C17H11F3N2O2. The largest absolute Gasteiger partial charge is 0.351 e. The molecule has 0 fully saturated rings. The Kier molecular flexibility index (Phi) is 3.84. The maximum absolute atomic E-state index is 13.6. The van der Waals surface area contributed by atoms with Gasteiger partial charge in [-0.1, -0.05) is 0 Å². The third kappa shape index (κ3) is 2.76. The van der Waals surface area contributed by atoms with Crippen LogP contribution in [0.2, 0.25) is 0 Å². The van der Waals surface area contributed by atoms with Gasteiger partial charge in [-0.2, -0.15) is 0 Å². The van der Waals surface area contributed by atoms with E-state index in [4.69, 9.17) is 0 Å². The van der Waals surface area contributed by atoms with Gasteiger partial charge in [0.1, 0.15) is 23.1 Å². The number of carbonyl (C=O) groups is 2. The fourth-order valence-corrected chi connectivity index (χ4v) is 2.27. The van der Waals surface area contributed by atoms with Crippen molar-refractivity contribution in [2.45, 2.75) is 6.92 Å². The van der Waals surface area contributed by atoms with Crippen LogP contribution in [0.1, 0.15) is 5.56 Å². The molecule has 1 N–H and O–H groups in total. The van der Waals surface area contributed by atoms with E-state index in [1.807, 2.05) is 0 Å². The van der Waals surface area contributed by atoms with Crippen LogP contribution in [0.4, 0.5) is 24.5 Å². The van der Waals surface area contributed by atoms with Crippen LogP contribution in [0.15, 0.2) is 48.2 Å². The van der Waals surface area contributed by atoms with Crippen LogP contribution in [-0.4, -0.2) is 11.8 Å². The van der Waals surface area contributed by atoms with Crippen molar-refractivity contribution in [1.29, 1.82) is 0 Å². The van der Waals surface area contributed by atoms with Gasteiger partial charge in [0.25, 0.3) is 11.8 Å². The van der Waals surface area contributed by atoms with Crippen molar-refractivity contribution >= 4 is 23.2 Å². The Morgan fingerprint density at radius 1 is 0.958 bits per heavy atom. The number of hydrogen-bond donors (Lipinski definition) is 1. The summed E-state index contributed by atoms with van der Waals surface area (Å²) < 4.78 is 40.1. The highest BCUT2D eigenvalue weighted by Gasteiger charge is 2.32. The van der Waals surface area contributed by atoms with E-state index in [2.05, 4.69) is 5.32 Å². The molecule has 1 heterocycles. The molecule has 0 aromatic heterocycles. The lowest BCUT2D eigenvalue weighted by Crippen LogP contribution is -2.31. The Morgan fingerprint density at radius 3 is 2.12 bits per heavy atom. The molecule has 0 bridgehead atoms. The van der Waals surface area contributed by atoms with E-state index in [1.54, 1.807) is 0 Å². The van der Waals surface area contributed by atoms with Gasteiger partial charge in [0, 0.05) is 17.3 Å². The second-order valence-electron chi connectivity index (χ2n) is 5.20. The Labute approximate surface area is 135 Å². The normalized spacial score (nSPS) is 14.2. The highest BCUT2D eigenvalue weighted by atomic mass is 19.1. The minimum absolute atomic E-state index is 0.00366. The third-order valence-electron chi connectivity index (χ3n) is 3.57. The number of amides is 2. The van der Waals surface area contributed by atoms with Gasteiger partial charge in [0.15, 0.2) is 0 Å². The predicted octanol–water partition coefficient (Wildman–Crippen LogP) is 3.28. The van der Waals surface area contributed by atoms with Gasteiger partial charge < -0.3 is 5.32 Å². The molecule has 0 saturated carbocycles. The molecule has 0 saturated heterocycles. The second-order valence-corrected chi connectivity index (χ2v) is 5.20. The Balaban J connectivity index is 1.86. The first-order chi connectivity index (χ1) is 11.4. The second kappa shape index (κ2) is 5.84. The summed E-state index contributed by atoms with van der Waals surface area (Å²) >= 11 is 0. The third-order valence-corrected chi connectivity index (χ3v) is 3.57. The maximum atomic E-state index is 13.6. The molecule has 0 unspecified atom stereocenters. The van der Waals surface area contributed by atoms with Crippen LogP contribution in [0.5, 0.6) is 0 Å². The van der Waals surface area contributed by atoms with Gasteiger partial charge >= 0.3 is 0 Å². The van der Waals surface area contributed by atoms with Crippen molar-refractivity contribution in [3.8, 4) is 0 Å². The molecule has 2 aromatic carbocycles. The zero-order chi connectivity index (χ0) is 17.4. The van der Waals surface area contributed by atoms with Crippen molar-refractivity contribution < 1.29 is 22.8 Å². The average molecular weight is 332 g/mol. The maximum Gasteiger partial charge on any atom is 0.281 e. The smallest absolute Gasteiger partial charge is 0.281 e. The SMILES string of the molecule is Cc1c(F)cc(NC2=CC(=O)N(c3ccc(F)cc3)C2=O)cc1F. The number of carbonyl (C=O) groups excluding carboxylic acids is 2. The lowest BCUT2D eigenvalue weighted by Gasteiger charge is -2.15. The van der Waals surface area contributed by atoms with Gasteiger partial charge in [-0.05, 0) is 43.3 Å². The molecule has 1 aliphatic rings. The molecule has 3 rings (SSSR count). The standard InChI is InChI=1S/C17H11F3N2O2/c1-9-13(19)6-11(7-14(9)20)21-15-8-16(23)22(17(15)24)12-4-2-10(18)3-5-12/h2-8,21H,1H3. The summed E-state index contributed by atoms with van der Waals surface area (Å²) in [6.45, 7) is 1.29. The van der Waals surface area contributed by atoms with Crippen LogP contribution in [0.3, 0.4) is 0 Å². The van der Waals surface area contributed by atoms with Gasteiger partial charge in [-0.25, -0.2) is 18.1 Å². The summed E-state index contributed by atoms with van der Waals surface area (Å²) in [4.78, 5) is 25.2. The lowest BCUT2D eigenvalue weighted by molar-refractivity contribution is -0.120. The minimum atomic E-state index is -0.773. The summed E-state index contributed by atoms with van der Waals surface area (Å²) in [5.74, 6) is -3.39. The van der Waals surface area contributed by atoms with Gasteiger partial charge in [0.2, 0.25) is 0 Å². The summed E-state index contributed by atoms with van der Waals surface area (Å²) in [7, 11) is 0. The Morgan fingerprint density at radius 2 is 1.54 bits per heavy atom. The quantitative estimate of drug-likeness (QED) is 0.878. The van der Waals surface area contributed by atoms with Crippen LogP contribution in [0, 0.1) is 24.4 Å². The van der Waals surface area contributed by atoms with E-state index in [1.165, 1.54) is 19.1 Å². The minimum Gasteiger partial charge on any atom is -0.351 e. The first kappa shape index (κ1) is 15.8. The molecule has 24 heavy (non-hydrogen) atoms. The number of halogens is 3. The lowest BCUT2D eigenvalue weighted by atomic mass is 10.2.